The highest BCUT2D eigenvalue weighted by Gasteiger charge is 2.13. The summed E-state index contributed by atoms with van der Waals surface area (Å²) < 4.78 is 0. The molecule has 0 atom stereocenters. The van der Waals surface area contributed by atoms with Crippen molar-refractivity contribution < 1.29 is 0 Å². The maximum atomic E-state index is 4.55. The molecule has 1 heterocycles. The number of hydrogen-bond acceptors (Lipinski definition) is 1. The van der Waals surface area contributed by atoms with Gasteiger partial charge in [-0.25, -0.2) is 0 Å². The molecule has 0 saturated carbocycles. The first-order valence-electron chi connectivity index (χ1n) is 5.35. The van der Waals surface area contributed by atoms with E-state index in [0.717, 1.165) is 11.2 Å². The van der Waals surface area contributed by atoms with Gasteiger partial charge in [0, 0.05) is 11.1 Å². The van der Waals surface area contributed by atoms with E-state index < -0.39 is 0 Å². The fourth-order valence-electron chi connectivity index (χ4n) is 1.69. The van der Waals surface area contributed by atoms with Crippen molar-refractivity contribution in [2.75, 3.05) is 0 Å². The third kappa shape index (κ3) is 2.01. The fraction of sp³-hybridized carbons (Fsp3) is 0.357. The molecule has 2 aromatic rings. The molecule has 2 rings (SSSR count). The predicted octanol–water partition coefficient (Wildman–Crippen LogP) is 3.84. The van der Waals surface area contributed by atoms with Crippen molar-refractivity contribution in [3.63, 3.8) is 0 Å². The van der Waals surface area contributed by atoms with E-state index in [2.05, 4.69) is 56.1 Å². The Morgan fingerprint density at radius 1 is 1.00 bits per heavy atom. The largest absolute Gasteiger partial charge is 0.253 e. The van der Waals surface area contributed by atoms with Gasteiger partial charge in [0.1, 0.15) is 0 Å². The van der Waals surface area contributed by atoms with E-state index in [1.54, 1.807) is 0 Å². The Morgan fingerprint density at radius 3 is 2.33 bits per heavy atom. The number of aryl methyl sites for hydroxylation is 1. The summed E-state index contributed by atoms with van der Waals surface area (Å²) in [6.07, 6.45) is 0. The monoisotopic (exact) mass is 199 g/mol. The van der Waals surface area contributed by atoms with E-state index in [4.69, 9.17) is 0 Å². The van der Waals surface area contributed by atoms with E-state index in [9.17, 15) is 0 Å². The predicted molar refractivity (Wildman–Crippen MR) is 65.2 cm³/mol. The van der Waals surface area contributed by atoms with Crippen molar-refractivity contribution in [2.45, 2.75) is 33.1 Å². The Bertz CT molecular complexity index is 492. The third-order valence-electron chi connectivity index (χ3n) is 2.70. The van der Waals surface area contributed by atoms with Gasteiger partial charge in [-0.05, 0) is 30.0 Å². The van der Waals surface area contributed by atoms with Crippen molar-refractivity contribution in [3.8, 4) is 0 Å². The molecule has 0 fully saturated rings. The Balaban J connectivity index is 2.64. The summed E-state index contributed by atoms with van der Waals surface area (Å²) in [7, 11) is 0. The van der Waals surface area contributed by atoms with Crippen LogP contribution in [0.3, 0.4) is 0 Å². The van der Waals surface area contributed by atoms with Crippen LogP contribution in [0.25, 0.3) is 10.9 Å². The van der Waals surface area contributed by atoms with Gasteiger partial charge < -0.3 is 0 Å². The number of hydrogen-bond donors (Lipinski definition) is 0. The lowest BCUT2D eigenvalue weighted by molar-refractivity contribution is 0.591. The summed E-state index contributed by atoms with van der Waals surface area (Å²) in [6.45, 7) is 8.71. The summed E-state index contributed by atoms with van der Waals surface area (Å²) in [4.78, 5) is 4.55. The zero-order chi connectivity index (χ0) is 11.1. The smallest absolute Gasteiger partial charge is 0.0708 e. The van der Waals surface area contributed by atoms with Crippen LogP contribution in [0.2, 0.25) is 0 Å². The summed E-state index contributed by atoms with van der Waals surface area (Å²) in [5.41, 5.74) is 3.71. The van der Waals surface area contributed by atoms with Crippen molar-refractivity contribution in [1.82, 2.24) is 4.98 Å². The summed E-state index contributed by atoms with van der Waals surface area (Å²) >= 11 is 0. The second-order valence-corrected chi connectivity index (χ2v) is 5.11. The first-order valence-corrected chi connectivity index (χ1v) is 5.35. The lowest BCUT2D eigenvalue weighted by atomic mass is 9.86. The van der Waals surface area contributed by atoms with Gasteiger partial charge in [0.2, 0.25) is 0 Å². The molecule has 1 nitrogen and oxygen atoms in total. The molecule has 1 aromatic heterocycles. The average Bonchev–Trinajstić information content (AvgIpc) is 2.15. The minimum absolute atomic E-state index is 0.194. The Hall–Kier alpha value is -1.37. The van der Waals surface area contributed by atoms with Crippen LogP contribution < -0.4 is 0 Å². The molecular weight excluding hydrogens is 182 g/mol. The Morgan fingerprint density at radius 2 is 1.67 bits per heavy atom. The van der Waals surface area contributed by atoms with Gasteiger partial charge in [-0.2, -0.15) is 0 Å². The van der Waals surface area contributed by atoms with Crippen LogP contribution in [0, 0.1) is 6.92 Å². The number of nitrogens with zero attached hydrogens (tertiary/aromatic N) is 1. The van der Waals surface area contributed by atoms with E-state index >= 15 is 0 Å². The normalized spacial score (nSPS) is 12.0. The van der Waals surface area contributed by atoms with E-state index in [0.29, 0.717) is 0 Å². The fourth-order valence-corrected chi connectivity index (χ4v) is 1.69. The Kier molecular flexibility index (Phi) is 2.26. The van der Waals surface area contributed by atoms with Crippen LogP contribution in [0.15, 0.2) is 30.3 Å². The highest BCUT2D eigenvalue weighted by Crippen LogP contribution is 2.25. The maximum Gasteiger partial charge on any atom is 0.0708 e. The molecule has 0 aliphatic heterocycles. The summed E-state index contributed by atoms with van der Waals surface area (Å²) in [5, 5.41) is 1.22. The lowest BCUT2D eigenvalue weighted by Gasteiger charge is -2.19. The third-order valence-corrected chi connectivity index (χ3v) is 2.70. The summed E-state index contributed by atoms with van der Waals surface area (Å²) in [5.74, 6) is 0. The van der Waals surface area contributed by atoms with E-state index in [1.165, 1.54) is 10.9 Å². The molecule has 0 radical (unpaired) electrons. The van der Waals surface area contributed by atoms with E-state index in [1.807, 2.05) is 6.92 Å². The van der Waals surface area contributed by atoms with Crippen molar-refractivity contribution in [3.05, 3.63) is 41.6 Å². The molecule has 1 aromatic carbocycles. The molecular formula is C14H17N. The van der Waals surface area contributed by atoms with Crippen LogP contribution in [0.1, 0.15) is 32.0 Å². The minimum atomic E-state index is 0.194. The minimum Gasteiger partial charge on any atom is -0.253 e. The lowest BCUT2D eigenvalue weighted by Crippen LogP contribution is -2.10. The van der Waals surface area contributed by atoms with Crippen LogP contribution in [0.4, 0.5) is 0 Å². The quantitative estimate of drug-likeness (QED) is 0.628. The van der Waals surface area contributed by atoms with Gasteiger partial charge in [-0.1, -0.05) is 39.0 Å². The molecule has 78 valence electrons. The van der Waals surface area contributed by atoms with Crippen molar-refractivity contribution in [1.29, 1.82) is 0 Å². The van der Waals surface area contributed by atoms with Crippen LogP contribution in [-0.2, 0) is 5.41 Å². The van der Waals surface area contributed by atoms with Gasteiger partial charge in [0.25, 0.3) is 0 Å². The van der Waals surface area contributed by atoms with Gasteiger partial charge in [0.05, 0.1) is 5.52 Å². The molecule has 1 heteroatoms. The first kappa shape index (κ1) is 10.2. The van der Waals surface area contributed by atoms with Gasteiger partial charge in [-0.15, -0.1) is 0 Å². The van der Waals surface area contributed by atoms with E-state index in [-0.39, 0.29) is 5.41 Å². The zero-order valence-corrected chi connectivity index (χ0v) is 9.83. The molecule has 0 aliphatic carbocycles. The molecule has 0 bridgehead atoms. The van der Waals surface area contributed by atoms with Crippen molar-refractivity contribution in [2.24, 2.45) is 0 Å². The number of aromatic nitrogens is 1. The van der Waals surface area contributed by atoms with Gasteiger partial charge in [-0.3, -0.25) is 4.98 Å². The number of pyridine rings is 1. The van der Waals surface area contributed by atoms with Gasteiger partial charge >= 0.3 is 0 Å². The molecule has 15 heavy (non-hydrogen) atoms. The van der Waals surface area contributed by atoms with Crippen molar-refractivity contribution >= 4 is 10.9 Å². The molecule has 0 amide bonds. The maximum absolute atomic E-state index is 4.55. The molecule has 0 aliphatic rings. The standard InChI is InChI=1S/C14H17N/c1-10-5-6-11-7-8-12(14(2,3)4)9-13(11)15-10/h5-9H,1-4H3. The Labute approximate surface area is 91.2 Å². The first-order chi connectivity index (χ1) is 6.97. The SMILES string of the molecule is Cc1ccc2ccc(C(C)(C)C)cc2n1. The number of benzene rings is 1. The topological polar surface area (TPSA) is 12.9 Å². The average molecular weight is 199 g/mol. The second-order valence-electron chi connectivity index (χ2n) is 5.11. The highest BCUT2D eigenvalue weighted by molar-refractivity contribution is 5.79. The molecule has 0 saturated heterocycles. The number of rotatable bonds is 0. The summed E-state index contributed by atoms with van der Waals surface area (Å²) in [6, 6.07) is 10.7. The highest BCUT2D eigenvalue weighted by atomic mass is 14.7. The number of fused-ring (bicyclic) bond motifs is 1. The zero-order valence-electron chi connectivity index (χ0n) is 9.83. The van der Waals surface area contributed by atoms with Gasteiger partial charge in [0.15, 0.2) is 0 Å². The molecule has 0 spiro atoms. The van der Waals surface area contributed by atoms with Crippen LogP contribution in [0.5, 0.6) is 0 Å². The van der Waals surface area contributed by atoms with Crippen LogP contribution >= 0.6 is 0 Å². The van der Waals surface area contributed by atoms with Crippen LogP contribution in [-0.4, -0.2) is 4.98 Å². The molecule has 0 N–H and O–H groups in total. The second kappa shape index (κ2) is 3.34. The molecule has 0 unspecified atom stereocenters.